The fourth-order valence-electron chi connectivity index (χ4n) is 3.03. The molecule has 0 unspecified atom stereocenters. The molecule has 5 nitrogen and oxygen atoms in total. The number of benzene rings is 2. The number of hydrogen-bond donors (Lipinski definition) is 1. The second-order valence-electron chi connectivity index (χ2n) is 5.97. The third kappa shape index (κ3) is 3.21. The Hall–Kier alpha value is -2.48. The third-order valence-electron chi connectivity index (χ3n) is 4.09. The highest BCUT2D eigenvalue weighted by atomic mass is 32.2. The fourth-order valence-corrected chi connectivity index (χ4v) is 4.13. The van der Waals surface area contributed by atoms with E-state index in [1.54, 1.807) is 11.0 Å². The summed E-state index contributed by atoms with van der Waals surface area (Å²) in [6, 6.07) is 7.18. The fraction of sp³-hybridized carbons (Fsp3) is 0.235. The number of fused-ring (bicyclic) bond motifs is 1. The molecule has 25 heavy (non-hydrogen) atoms. The minimum Gasteiger partial charge on any atom is -0.309 e. The first kappa shape index (κ1) is 17.3. The molecule has 1 aliphatic heterocycles. The Kier molecular flexibility index (Phi) is 4.24. The van der Waals surface area contributed by atoms with Crippen LogP contribution in [-0.4, -0.2) is 20.4 Å². The topological polar surface area (TPSA) is 66.5 Å². The van der Waals surface area contributed by atoms with Gasteiger partial charge in [0.25, 0.3) is 10.0 Å². The summed E-state index contributed by atoms with van der Waals surface area (Å²) in [5, 5.41) is 0. The van der Waals surface area contributed by atoms with E-state index in [-0.39, 0.29) is 22.5 Å². The molecule has 1 N–H and O–H groups in total. The molecule has 8 heteroatoms. The number of hydrogen-bond acceptors (Lipinski definition) is 3. The van der Waals surface area contributed by atoms with Crippen LogP contribution in [0.3, 0.4) is 0 Å². The van der Waals surface area contributed by atoms with Crippen molar-refractivity contribution in [2.24, 2.45) is 0 Å². The monoisotopic (exact) mass is 366 g/mol. The molecule has 1 aliphatic rings. The molecule has 2 aromatic carbocycles. The Labute approximate surface area is 144 Å². The highest BCUT2D eigenvalue weighted by Crippen LogP contribution is 2.34. The van der Waals surface area contributed by atoms with Crippen molar-refractivity contribution >= 4 is 27.3 Å². The largest absolute Gasteiger partial charge is 0.309 e. The van der Waals surface area contributed by atoms with Gasteiger partial charge in [0, 0.05) is 24.7 Å². The lowest BCUT2D eigenvalue weighted by molar-refractivity contribution is -0.116. The number of halogens is 2. The molecule has 0 radical (unpaired) electrons. The van der Waals surface area contributed by atoms with Crippen molar-refractivity contribution in [1.29, 1.82) is 0 Å². The molecule has 3 rings (SSSR count). The molecule has 0 aromatic heterocycles. The van der Waals surface area contributed by atoms with Gasteiger partial charge >= 0.3 is 0 Å². The second kappa shape index (κ2) is 6.11. The van der Waals surface area contributed by atoms with E-state index < -0.39 is 21.7 Å². The Morgan fingerprint density at radius 1 is 1.16 bits per heavy atom. The average Bonchev–Trinajstić information content (AvgIpc) is 2.85. The highest BCUT2D eigenvalue weighted by Gasteiger charge is 2.30. The van der Waals surface area contributed by atoms with Crippen molar-refractivity contribution < 1.29 is 22.0 Å². The number of nitrogens with zero attached hydrogens (tertiary/aromatic N) is 1. The lowest BCUT2D eigenvalue weighted by atomic mass is 10.1. The second-order valence-corrected chi connectivity index (χ2v) is 7.65. The van der Waals surface area contributed by atoms with Crippen molar-refractivity contribution in [1.82, 2.24) is 0 Å². The van der Waals surface area contributed by atoms with Gasteiger partial charge in [-0.1, -0.05) is 0 Å². The summed E-state index contributed by atoms with van der Waals surface area (Å²) >= 11 is 0. The maximum atomic E-state index is 13.3. The first-order valence-electron chi connectivity index (χ1n) is 7.59. The summed E-state index contributed by atoms with van der Waals surface area (Å²) in [6.07, 6.45) is 0.545. The first-order chi connectivity index (χ1) is 11.7. The molecule has 0 bridgehead atoms. The Morgan fingerprint density at radius 3 is 2.52 bits per heavy atom. The van der Waals surface area contributed by atoms with Gasteiger partial charge in [0.15, 0.2) is 11.6 Å². The molecular formula is C17H16F2N2O3S. The zero-order valence-corrected chi connectivity index (χ0v) is 14.4. The third-order valence-corrected chi connectivity index (χ3v) is 5.47. The Bertz CT molecular complexity index is 960. The lowest BCUT2D eigenvalue weighted by Gasteiger charge is -2.20. The van der Waals surface area contributed by atoms with Crippen LogP contribution in [0.2, 0.25) is 0 Å². The quantitative estimate of drug-likeness (QED) is 0.908. The van der Waals surface area contributed by atoms with Crippen LogP contribution in [0.25, 0.3) is 0 Å². The number of nitrogens with one attached hydrogen (secondary N) is 1. The standard InChI is InChI=1S/C17H16F2N2O3S/c1-10-7-12-8-14(4-6-17(12)21(10)11(2)22)25(23,24)20-13-3-5-15(18)16(19)9-13/h3-6,8-10,20H,7H2,1-2H3/t10-/m1/s1. The summed E-state index contributed by atoms with van der Waals surface area (Å²) in [4.78, 5) is 13.3. The highest BCUT2D eigenvalue weighted by molar-refractivity contribution is 7.92. The van der Waals surface area contributed by atoms with E-state index >= 15 is 0 Å². The smallest absolute Gasteiger partial charge is 0.261 e. The molecule has 0 saturated carbocycles. The molecule has 1 atom stereocenters. The van der Waals surface area contributed by atoms with Gasteiger partial charge in [-0.05, 0) is 49.2 Å². The van der Waals surface area contributed by atoms with Crippen LogP contribution in [0.1, 0.15) is 19.4 Å². The van der Waals surface area contributed by atoms with Gasteiger partial charge in [0.05, 0.1) is 10.6 Å². The van der Waals surface area contributed by atoms with Gasteiger partial charge in [-0.2, -0.15) is 0 Å². The van der Waals surface area contributed by atoms with Crippen LogP contribution in [0.4, 0.5) is 20.2 Å². The Balaban J connectivity index is 1.93. The van der Waals surface area contributed by atoms with E-state index in [0.29, 0.717) is 12.1 Å². The van der Waals surface area contributed by atoms with Crippen molar-refractivity contribution in [3.8, 4) is 0 Å². The predicted octanol–water partition coefficient (Wildman–Crippen LogP) is 3.06. The van der Waals surface area contributed by atoms with Crippen molar-refractivity contribution in [2.75, 3.05) is 9.62 Å². The van der Waals surface area contributed by atoms with E-state index in [9.17, 15) is 22.0 Å². The maximum absolute atomic E-state index is 13.3. The summed E-state index contributed by atoms with van der Waals surface area (Å²) in [7, 11) is -3.96. The number of amides is 1. The summed E-state index contributed by atoms with van der Waals surface area (Å²) in [6.45, 7) is 3.34. The zero-order valence-electron chi connectivity index (χ0n) is 13.6. The number of sulfonamides is 1. The van der Waals surface area contributed by atoms with Gasteiger partial charge in [-0.15, -0.1) is 0 Å². The van der Waals surface area contributed by atoms with Crippen LogP contribution in [-0.2, 0) is 21.2 Å². The van der Waals surface area contributed by atoms with Gasteiger partial charge < -0.3 is 4.90 Å². The molecule has 2 aromatic rings. The normalized spacial score (nSPS) is 16.6. The molecule has 0 aliphatic carbocycles. The van der Waals surface area contributed by atoms with Crippen LogP contribution >= 0.6 is 0 Å². The molecule has 0 fully saturated rings. The molecule has 1 amide bonds. The lowest BCUT2D eigenvalue weighted by Crippen LogP contribution is -2.33. The number of anilines is 2. The van der Waals surface area contributed by atoms with E-state index in [4.69, 9.17) is 0 Å². The van der Waals surface area contributed by atoms with Crippen molar-refractivity contribution in [2.45, 2.75) is 31.2 Å². The van der Waals surface area contributed by atoms with Crippen LogP contribution in [0.5, 0.6) is 0 Å². The number of carbonyl (C=O) groups is 1. The summed E-state index contributed by atoms with van der Waals surface area (Å²) in [5.41, 5.74) is 1.36. The average molecular weight is 366 g/mol. The van der Waals surface area contributed by atoms with Crippen LogP contribution in [0, 0.1) is 11.6 Å². The zero-order chi connectivity index (χ0) is 18.4. The van der Waals surface area contributed by atoms with Crippen LogP contribution in [0.15, 0.2) is 41.3 Å². The van der Waals surface area contributed by atoms with Crippen LogP contribution < -0.4 is 9.62 Å². The van der Waals surface area contributed by atoms with Gasteiger partial charge in [-0.25, -0.2) is 17.2 Å². The van der Waals surface area contributed by atoms with Gasteiger partial charge in [-0.3, -0.25) is 9.52 Å². The number of rotatable bonds is 3. The van der Waals surface area contributed by atoms with Gasteiger partial charge in [0.1, 0.15) is 0 Å². The Morgan fingerprint density at radius 2 is 1.88 bits per heavy atom. The molecule has 1 heterocycles. The first-order valence-corrected chi connectivity index (χ1v) is 9.08. The van der Waals surface area contributed by atoms with E-state index in [2.05, 4.69) is 4.72 Å². The summed E-state index contributed by atoms with van der Waals surface area (Å²) in [5.74, 6) is -2.30. The molecular weight excluding hydrogens is 350 g/mol. The predicted molar refractivity (Wildman–Crippen MR) is 89.9 cm³/mol. The van der Waals surface area contributed by atoms with E-state index in [1.807, 2.05) is 6.92 Å². The molecule has 132 valence electrons. The minimum absolute atomic E-state index is 0.00594. The van der Waals surface area contributed by atoms with Crippen molar-refractivity contribution in [3.05, 3.63) is 53.6 Å². The number of carbonyl (C=O) groups excluding carboxylic acids is 1. The summed E-state index contributed by atoms with van der Waals surface area (Å²) < 4.78 is 53.4. The van der Waals surface area contributed by atoms with Gasteiger partial charge in [0.2, 0.25) is 5.91 Å². The van der Waals surface area contributed by atoms with E-state index in [0.717, 1.165) is 23.8 Å². The SMILES string of the molecule is CC(=O)N1c2ccc(S(=O)(=O)Nc3ccc(F)c(F)c3)cc2C[C@H]1C. The molecule has 0 saturated heterocycles. The van der Waals surface area contributed by atoms with E-state index in [1.165, 1.54) is 19.1 Å². The minimum atomic E-state index is -3.96. The maximum Gasteiger partial charge on any atom is 0.261 e. The molecule has 0 spiro atoms. The van der Waals surface area contributed by atoms with Crippen molar-refractivity contribution in [3.63, 3.8) is 0 Å².